The minimum Gasteiger partial charge on any atom is -0.338 e. The zero-order valence-electron chi connectivity index (χ0n) is 17.7. The second-order valence-electron chi connectivity index (χ2n) is 7.07. The maximum Gasteiger partial charge on any atom is 0.232 e. The highest BCUT2D eigenvalue weighted by Crippen LogP contribution is 2.36. The highest BCUT2D eigenvalue weighted by molar-refractivity contribution is 7.92. The van der Waals surface area contributed by atoms with Crippen LogP contribution in [0.15, 0.2) is 49.6 Å². The first-order valence-corrected chi connectivity index (χ1v) is 11.3. The third-order valence-corrected chi connectivity index (χ3v) is 5.85. The quantitative estimate of drug-likeness (QED) is 0.386. The molecule has 0 spiro atoms. The third kappa shape index (κ3) is 4.21. The molecule has 0 amide bonds. The van der Waals surface area contributed by atoms with Gasteiger partial charge >= 0.3 is 0 Å². The number of hydrogen-bond donors (Lipinski definition) is 3. The van der Waals surface area contributed by atoms with Crippen LogP contribution < -0.4 is 14.9 Å². The molecule has 0 saturated heterocycles. The molecule has 3 heterocycles. The van der Waals surface area contributed by atoms with Crippen molar-refractivity contribution in [3.63, 3.8) is 0 Å². The van der Waals surface area contributed by atoms with Gasteiger partial charge in [-0.1, -0.05) is 6.58 Å². The number of hydrogen-bond acceptors (Lipinski definition) is 9. The number of aromatic nitrogens is 6. The lowest BCUT2D eigenvalue weighted by atomic mass is 10.1. The topological polar surface area (TPSA) is 142 Å². The molecule has 3 N–H and O–H groups in total. The minimum absolute atomic E-state index is 0.320. The van der Waals surface area contributed by atoms with Crippen LogP contribution in [-0.4, -0.2) is 51.9 Å². The smallest absolute Gasteiger partial charge is 0.232 e. The van der Waals surface area contributed by atoms with Crippen molar-refractivity contribution in [3.8, 4) is 0 Å². The van der Waals surface area contributed by atoms with Crippen LogP contribution in [0.2, 0.25) is 0 Å². The monoisotopic (exact) mass is 451 g/mol. The van der Waals surface area contributed by atoms with Gasteiger partial charge in [-0.05, 0) is 24.6 Å². The number of aromatic amines is 1. The van der Waals surface area contributed by atoms with Crippen molar-refractivity contribution in [3.05, 3.63) is 55.1 Å². The maximum atomic E-state index is 12.4. The molecule has 0 saturated carbocycles. The standard InChI is InChI=1S/C20H21N9O2S/c1-12(2)13-11-23-20(26-16-7-8-24-28-16)27-19(13)25-15-6-5-14-17(22-10-9-21-14)18(15)29(3)32(4,30)31/h5-11H,1H2,2-4H3,(H3,23,24,25,26,27,28). The highest BCUT2D eigenvalue weighted by atomic mass is 32.2. The van der Waals surface area contributed by atoms with Crippen molar-refractivity contribution in [1.29, 1.82) is 0 Å². The Kier molecular flexibility index (Phi) is 5.45. The van der Waals surface area contributed by atoms with Crippen molar-refractivity contribution in [2.75, 3.05) is 28.2 Å². The van der Waals surface area contributed by atoms with E-state index in [4.69, 9.17) is 0 Å². The van der Waals surface area contributed by atoms with Crippen LogP contribution in [0, 0.1) is 0 Å². The molecule has 0 atom stereocenters. The molecule has 32 heavy (non-hydrogen) atoms. The van der Waals surface area contributed by atoms with Gasteiger partial charge in [0, 0.05) is 37.3 Å². The second-order valence-corrected chi connectivity index (χ2v) is 9.09. The van der Waals surface area contributed by atoms with Crippen molar-refractivity contribution in [2.45, 2.75) is 6.92 Å². The first kappa shape index (κ1) is 21.2. The fourth-order valence-corrected chi connectivity index (χ4v) is 3.55. The van der Waals surface area contributed by atoms with E-state index in [9.17, 15) is 8.42 Å². The summed E-state index contributed by atoms with van der Waals surface area (Å²) in [4.78, 5) is 17.5. The lowest BCUT2D eigenvalue weighted by Crippen LogP contribution is -2.26. The van der Waals surface area contributed by atoms with Crippen molar-refractivity contribution < 1.29 is 8.42 Å². The highest BCUT2D eigenvalue weighted by Gasteiger charge is 2.22. The number of allylic oxidation sites excluding steroid dienone is 1. The number of anilines is 5. The van der Waals surface area contributed by atoms with Gasteiger partial charge in [0.05, 0.1) is 23.7 Å². The molecule has 12 heteroatoms. The summed E-state index contributed by atoms with van der Waals surface area (Å²) >= 11 is 0. The second kappa shape index (κ2) is 8.23. The number of rotatable bonds is 7. The first-order chi connectivity index (χ1) is 15.2. The zero-order valence-corrected chi connectivity index (χ0v) is 18.5. The molecule has 164 valence electrons. The van der Waals surface area contributed by atoms with E-state index in [1.807, 2.05) is 6.92 Å². The molecule has 1 aromatic carbocycles. The van der Waals surface area contributed by atoms with E-state index in [1.54, 1.807) is 36.8 Å². The largest absolute Gasteiger partial charge is 0.338 e. The number of fused-ring (bicyclic) bond motifs is 1. The molecule has 0 aliphatic carbocycles. The van der Waals surface area contributed by atoms with Crippen LogP contribution >= 0.6 is 0 Å². The number of H-pyrrole nitrogens is 1. The van der Waals surface area contributed by atoms with Crippen molar-refractivity contribution in [1.82, 2.24) is 30.1 Å². The zero-order chi connectivity index (χ0) is 22.9. The summed E-state index contributed by atoms with van der Waals surface area (Å²) in [6.07, 6.45) is 7.44. The average Bonchev–Trinajstić information content (AvgIpc) is 3.25. The van der Waals surface area contributed by atoms with Crippen LogP contribution in [0.5, 0.6) is 0 Å². The molecular weight excluding hydrogens is 430 g/mol. The molecule has 11 nitrogen and oxygen atoms in total. The van der Waals surface area contributed by atoms with Crippen LogP contribution in [0.25, 0.3) is 16.6 Å². The Morgan fingerprint density at radius 3 is 2.56 bits per heavy atom. The Hall–Kier alpha value is -4.06. The van der Waals surface area contributed by atoms with Gasteiger partial charge in [-0.2, -0.15) is 10.1 Å². The summed E-state index contributed by atoms with van der Waals surface area (Å²) in [7, 11) is -2.11. The van der Waals surface area contributed by atoms with Gasteiger partial charge in [0.2, 0.25) is 16.0 Å². The SMILES string of the molecule is C=C(C)c1cnc(Nc2ccn[nH]2)nc1Nc1ccc2nccnc2c1N(C)S(C)(=O)=O. The Labute approximate surface area is 184 Å². The molecule has 0 unspecified atom stereocenters. The molecule has 0 bridgehead atoms. The predicted molar refractivity (Wildman–Crippen MR) is 125 cm³/mol. The van der Waals surface area contributed by atoms with E-state index in [1.165, 1.54) is 13.2 Å². The Balaban J connectivity index is 1.84. The van der Waals surface area contributed by atoms with Gasteiger partial charge in [-0.25, -0.2) is 13.4 Å². The summed E-state index contributed by atoms with van der Waals surface area (Å²) in [5.41, 5.74) is 3.25. The molecule has 3 aromatic heterocycles. The summed E-state index contributed by atoms with van der Waals surface area (Å²) in [5.74, 6) is 1.39. The first-order valence-electron chi connectivity index (χ1n) is 9.48. The summed E-state index contributed by atoms with van der Waals surface area (Å²) in [6.45, 7) is 5.83. The molecule has 0 aliphatic rings. The third-order valence-electron chi connectivity index (χ3n) is 4.68. The molecular formula is C20H21N9O2S. The van der Waals surface area contributed by atoms with E-state index >= 15 is 0 Å². The van der Waals surface area contributed by atoms with Crippen molar-refractivity contribution in [2.24, 2.45) is 0 Å². The van der Waals surface area contributed by atoms with Crippen LogP contribution in [0.4, 0.5) is 29.0 Å². The number of sulfonamides is 1. The van der Waals surface area contributed by atoms with E-state index < -0.39 is 10.0 Å². The summed E-state index contributed by atoms with van der Waals surface area (Å²) < 4.78 is 25.9. The number of nitrogens with one attached hydrogen (secondary N) is 3. The van der Waals surface area contributed by atoms with Gasteiger partial charge in [-0.3, -0.25) is 19.4 Å². The molecule has 0 aliphatic heterocycles. The van der Waals surface area contributed by atoms with Crippen molar-refractivity contribution >= 4 is 55.6 Å². The molecule has 0 radical (unpaired) electrons. The maximum absolute atomic E-state index is 12.4. The van der Waals surface area contributed by atoms with Gasteiger partial charge < -0.3 is 10.6 Å². The summed E-state index contributed by atoms with van der Waals surface area (Å²) in [6, 6.07) is 5.24. The Morgan fingerprint density at radius 1 is 1.09 bits per heavy atom. The van der Waals surface area contributed by atoms with Crippen LogP contribution in [0.1, 0.15) is 12.5 Å². The van der Waals surface area contributed by atoms with E-state index in [-0.39, 0.29) is 0 Å². The van der Waals surface area contributed by atoms with Gasteiger partial charge in [0.25, 0.3) is 0 Å². The van der Waals surface area contributed by atoms with Crippen LogP contribution in [0.3, 0.4) is 0 Å². The van der Waals surface area contributed by atoms with Crippen LogP contribution in [-0.2, 0) is 10.0 Å². The minimum atomic E-state index is -3.58. The fourth-order valence-electron chi connectivity index (χ4n) is 3.03. The lowest BCUT2D eigenvalue weighted by molar-refractivity contribution is 0.600. The molecule has 4 aromatic rings. The average molecular weight is 452 g/mol. The van der Waals surface area contributed by atoms with E-state index in [0.717, 1.165) is 16.1 Å². The predicted octanol–water partition coefficient (Wildman–Crippen LogP) is 3.06. The molecule has 0 fully saturated rings. The molecule has 4 rings (SSSR count). The number of benzene rings is 1. The normalized spacial score (nSPS) is 11.3. The number of nitrogens with zero attached hydrogens (tertiary/aromatic N) is 6. The van der Waals surface area contributed by atoms with E-state index in [2.05, 4.69) is 47.3 Å². The Morgan fingerprint density at radius 2 is 1.88 bits per heavy atom. The van der Waals surface area contributed by atoms with Gasteiger partial charge in [0.1, 0.15) is 22.8 Å². The van der Waals surface area contributed by atoms with Gasteiger partial charge in [-0.15, -0.1) is 0 Å². The van der Waals surface area contributed by atoms with E-state index in [0.29, 0.717) is 45.6 Å². The lowest BCUT2D eigenvalue weighted by Gasteiger charge is -2.22. The Bertz CT molecular complexity index is 1400. The van der Waals surface area contributed by atoms with Gasteiger partial charge in [0.15, 0.2) is 0 Å². The fraction of sp³-hybridized carbons (Fsp3) is 0.150. The summed E-state index contributed by atoms with van der Waals surface area (Å²) in [5, 5.41) is 12.9.